The molecule has 5 heteroatoms. The van der Waals surface area contributed by atoms with E-state index >= 15 is 0 Å². The Morgan fingerprint density at radius 3 is 2.59 bits per heavy atom. The van der Waals surface area contributed by atoms with Crippen LogP contribution in [0.2, 0.25) is 0 Å². The fraction of sp³-hybridized carbons (Fsp3) is 0.294. The number of rotatable bonds is 5. The Balaban J connectivity index is 2.59. The fourth-order valence-corrected chi connectivity index (χ4v) is 2.51. The largest absolute Gasteiger partial charge is 0.462 e. The number of carbonyl (C=O) groups is 2. The van der Waals surface area contributed by atoms with Crippen LogP contribution in [0.1, 0.15) is 46.5 Å². The van der Waals surface area contributed by atoms with Gasteiger partial charge in [-0.15, -0.1) is 0 Å². The highest BCUT2D eigenvalue weighted by atomic mass is 16.5. The second-order valence-electron chi connectivity index (χ2n) is 4.95. The second-order valence-corrected chi connectivity index (χ2v) is 4.95. The molecule has 0 spiro atoms. The molecule has 2 N–H and O–H groups in total. The summed E-state index contributed by atoms with van der Waals surface area (Å²) in [5, 5.41) is 8.80. The molecule has 0 aliphatic heterocycles. The van der Waals surface area contributed by atoms with Crippen LogP contribution in [0.3, 0.4) is 0 Å². The van der Waals surface area contributed by atoms with Gasteiger partial charge in [-0.3, -0.25) is 10.0 Å². The number of hydroxylamine groups is 1. The molecule has 22 heavy (non-hydrogen) atoms. The van der Waals surface area contributed by atoms with E-state index in [2.05, 4.69) is 0 Å². The van der Waals surface area contributed by atoms with E-state index in [1.54, 1.807) is 36.7 Å². The van der Waals surface area contributed by atoms with Gasteiger partial charge in [-0.05, 0) is 48.2 Å². The zero-order chi connectivity index (χ0) is 16.1. The maximum Gasteiger partial charge on any atom is 0.338 e. The van der Waals surface area contributed by atoms with E-state index < -0.39 is 5.91 Å². The van der Waals surface area contributed by atoms with E-state index in [0.717, 1.165) is 29.5 Å². The number of carbonyl (C=O) groups excluding carboxylic acids is 2. The van der Waals surface area contributed by atoms with Crippen molar-refractivity contribution in [1.82, 2.24) is 5.48 Å². The summed E-state index contributed by atoms with van der Waals surface area (Å²) < 4.78 is 5.10. The lowest BCUT2D eigenvalue weighted by Gasteiger charge is -2.03. The lowest BCUT2D eigenvalue weighted by molar-refractivity contribution is 0.0527. The molecule has 0 aromatic heterocycles. The van der Waals surface area contributed by atoms with Crippen LogP contribution in [0, 0.1) is 0 Å². The van der Waals surface area contributed by atoms with Gasteiger partial charge in [0.2, 0.25) is 0 Å². The molecule has 0 bridgehead atoms. The average molecular weight is 301 g/mol. The summed E-state index contributed by atoms with van der Waals surface area (Å²) in [7, 11) is 0. The Morgan fingerprint density at radius 2 is 1.95 bits per heavy atom. The van der Waals surface area contributed by atoms with Crippen molar-refractivity contribution in [3.8, 4) is 11.1 Å². The highest BCUT2D eigenvalue weighted by Gasteiger charge is 2.21. The van der Waals surface area contributed by atoms with Crippen molar-refractivity contribution < 1.29 is 19.5 Å². The van der Waals surface area contributed by atoms with Crippen molar-refractivity contribution in [2.75, 3.05) is 6.61 Å². The molecule has 0 heterocycles. The number of hydrogen-bond donors (Lipinski definition) is 2. The molecule has 0 radical (unpaired) electrons. The predicted octanol–water partition coefficient (Wildman–Crippen LogP) is 3.04. The average Bonchev–Trinajstić information content (AvgIpc) is 2.71. The smallest absolute Gasteiger partial charge is 0.338 e. The monoisotopic (exact) mass is 301 g/mol. The molecule has 0 aromatic carbocycles. The summed E-state index contributed by atoms with van der Waals surface area (Å²) in [6, 6.07) is 8.58. The Kier molecular flexibility index (Phi) is 5.12. The molecule has 0 unspecified atom stereocenters. The number of amides is 1. The SMILES string of the molecule is CCCc1cc(C(=O)OCC)c2cccc(C(=O)NO)cc1-2. The summed E-state index contributed by atoms with van der Waals surface area (Å²) in [5.41, 5.74) is 5.03. The molecular formula is C17H19NO4. The van der Waals surface area contributed by atoms with Crippen LogP contribution >= 0.6 is 0 Å². The van der Waals surface area contributed by atoms with Gasteiger partial charge in [0.1, 0.15) is 0 Å². The molecule has 0 saturated carbocycles. The Labute approximate surface area is 129 Å². The highest BCUT2D eigenvalue weighted by molar-refractivity contribution is 6.01. The van der Waals surface area contributed by atoms with Crippen molar-refractivity contribution in [2.24, 2.45) is 0 Å². The maximum absolute atomic E-state index is 12.1. The Morgan fingerprint density at radius 1 is 1.18 bits per heavy atom. The van der Waals surface area contributed by atoms with Gasteiger partial charge in [0.05, 0.1) is 12.2 Å². The normalized spacial score (nSPS) is 10.5. The number of nitrogens with one attached hydrogen (secondary N) is 1. The first-order chi connectivity index (χ1) is 10.6. The van der Waals surface area contributed by atoms with Crippen LogP contribution in [0.15, 0.2) is 30.3 Å². The van der Waals surface area contributed by atoms with Crippen molar-refractivity contribution in [2.45, 2.75) is 26.7 Å². The van der Waals surface area contributed by atoms with Gasteiger partial charge in [0.25, 0.3) is 5.91 Å². The molecule has 1 amide bonds. The van der Waals surface area contributed by atoms with Gasteiger partial charge in [0, 0.05) is 5.56 Å². The van der Waals surface area contributed by atoms with Crippen LogP contribution in [0.4, 0.5) is 0 Å². The summed E-state index contributed by atoms with van der Waals surface area (Å²) in [6.45, 7) is 4.12. The van der Waals surface area contributed by atoms with E-state index in [1.165, 1.54) is 0 Å². The summed E-state index contributed by atoms with van der Waals surface area (Å²) in [6.07, 6.45) is 1.71. The Hall–Kier alpha value is -2.40. The second kappa shape index (κ2) is 7.04. The maximum atomic E-state index is 12.1. The van der Waals surface area contributed by atoms with Crippen LogP contribution < -0.4 is 5.48 Å². The number of hydrogen-bond acceptors (Lipinski definition) is 4. The number of ether oxygens (including phenoxy) is 1. The van der Waals surface area contributed by atoms with Crippen molar-refractivity contribution in [3.63, 3.8) is 0 Å². The quantitative estimate of drug-likeness (QED) is 0.505. The fourth-order valence-electron chi connectivity index (χ4n) is 2.51. The third-order valence-corrected chi connectivity index (χ3v) is 3.46. The van der Waals surface area contributed by atoms with Gasteiger partial charge in [-0.1, -0.05) is 25.5 Å². The third-order valence-electron chi connectivity index (χ3n) is 3.46. The lowest BCUT2D eigenvalue weighted by atomic mass is 10.0. The molecule has 116 valence electrons. The predicted molar refractivity (Wildman–Crippen MR) is 82.3 cm³/mol. The molecule has 5 nitrogen and oxygen atoms in total. The summed E-state index contributed by atoms with van der Waals surface area (Å²) in [4.78, 5) is 23.8. The van der Waals surface area contributed by atoms with Crippen LogP contribution in [-0.2, 0) is 11.2 Å². The standard InChI is InChI=1S/C17H19NO4/c1-3-6-11-9-15(17(20)22-4-2)13-8-5-7-12(10-14(11)13)16(19)18-21/h5,7-10,21H,3-4,6H2,1-2H3,(H,18,19). The van der Waals surface area contributed by atoms with E-state index in [4.69, 9.17) is 9.94 Å². The minimum Gasteiger partial charge on any atom is -0.462 e. The van der Waals surface area contributed by atoms with Crippen LogP contribution in [0.25, 0.3) is 11.1 Å². The molecule has 0 aromatic rings. The molecule has 2 rings (SSSR count). The minimum absolute atomic E-state index is 0.311. The number of fused-ring (bicyclic) bond motifs is 1. The molecule has 2 aliphatic carbocycles. The highest BCUT2D eigenvalue weighted by Crippen LogP contribution is 2.34. The topological polar surface area (TPSA) is 75.6 Å². The van der Waals surface area contributed by atoms with Crippen molar-refractivity contribution in [1.29, 1.82) is 0 Å². The van der Waals surface area contributed by atoms with E-state index in [1.807, 2.05) is 13.0 Å². The summed E-state index contributed by atoms with van der Waals surface area (Å²) >= 11 is 0. The zero-order valence-corrected chi connectivity index (χ0v) is 12.7. The molecular weight excluding hydrogens is 282 g/mol. The number of esters is 1. The third kappa shape index (κ3) is 3.09. The van der Waals surface area contributed by atoms with Gasteiger partial charge in [-0.2, -0.15) is 0 Å². The van der Waals surface area contributed by atoms with Crippen molar-refractivity contribution in [3.05, 3.63) is 47.0 Å². The first-order valence-electron chi connectivity index (χ1n) is 7.29. The first-order valence-corrected chi connectivity index (χ1v) is 7.29. The van der Waals surface area contributed by atoms with Gasteiger partial charge < -0.3 is 4.74 Å². The molecule has 0 saturated heterocycles. The number of aryl methyl sites for hydroxylation is 1. The van der Waals surface area contributed by atoms with Crippen molar-refractivity contribution >= 4 is 11.9 Å². The van der Waals surface area contributed by atoms with Gasteiger partial charge in [0.15, 0.2) is 0 Å². The minimum atomic E-state index is -0.584. The van der Waals surface area contributed by atoms with Gasteiger partial charge >= 0.3 is 5.97 Å². The van der Waals surface area contributed by atoms with E-state index in [9.17, 15) is 9.59 Å². The van der Waals surface area contributed by atoms with Gasteiger partial charge in [-0.25, -0.2) is 10.3 Å². The summed E-state index contributed by atoms with van der Waals surface area (Å²) in [5.74, 6) is -0.951. The Bertz CT molecular complexity index is 666. The zero-order valence-electron chi connectivity index (χ0n) is 12.7. The van der Waals surface area contributed by atoms with Crippen LogP contribution in [0.5, 0.6) is 0 Å². The van der Waals surface area contributed by atoms with E-state index in [0.29, 0.717) is 17.7 Å². The molecule has 0 atom stereocenters. The van der Waals surface area contributed by atoms with Crippen LogP contribution in [-0.4, -0.2) is 23.7 Å². The van der Waals surface area contributed by atoms with E-state index in [-0.39, 0.29) is 5.97 Å². The lowest BCUT2D eigenvalue weighted by Crippen LogP contribution is -2.18. The molecule has 2 aliphatic rings. The molecule has 0 fully saturated rings. The first kappa shape index (κ1) is 16.0.